The smallest absolute Gasteiger partial charge is 0.277 e. The van der Waals surface area contributed by atoms with Gasteiger partial charge in [-0.2, -0.15) is 0 Å². The van der Waals surface area contributed by atoms with Gasteiger partial charge in [-0.15, -0.1) is 10.2 Å². The zero-order valence-electron chi connectivity index (χ0n) is 15.3. The zero-order chi connectivity index (χ0) is 19.4. The van der Waals surface area contributed by atoms with Crippen LogP contribution in [-0.2, 0) is 4.79 Å². The summed E-state index contributed by atoms with van der Waals surface area (Å²) in [5, 5.41) is 10.9. The van der Waals surface area contributed by atoms with E-state index in [1.165, 1.54) is 23.9 Å². The van der Waals surface area contributed by atoms with Gasteiger partial charge in [0.2, 0.25) is 11.8 Å². The third-order valence-electron chi connectivity index (χ3n) is 4.16. The number of benzene rings is 2. The lowest BCUT2D eigenvalue weighted by atomic mass is 10.1. The highest BCUT2D eigenvalue weighted by molar-refractivity contribution is 8.00. The number of amides is 1. The lowest BCUT2D eigenvalue weighted by Crippen LogP contribution is -2.33. The maximum absolute atomic E-state index is 13.0. The number of thioether (sulfide) groups is 1. The number of carbonyl (C=O) groups is 1. The van der Waals surface area contributed by atoms with Crippen LogP contribution < -0.4 is 5.32 Å². The molecule has 0 saturated heterocycles. The van der Waals surface area contributed by atoms with Crippen LogP contribution in [0.15, 0.2) is 58.2 Å². The Hall–Kier alpha value is -2.67. The molecule has 0 aliphatic heterocycles. The number of nitrogens with one attached hydrogen (secondary N) is 1. The van der Waals surface area contributed by atoms with Crippen molar-refractivity contribution in [2.45, 2.75) is 37.3 Å². The molecule has 1 N–H and O–H groups in total. The quantitative estimate of drug-likeness (QED) is 0.631. The molecule has 3 rings (SSSR count). The third-order valence-corrected chi connectivity index (χ3v) is 5.09. The van der Waals surface area contributed by atoms with E-state index < -0.39 is 5.25 Å². The highest BCUT2D eigenvalue weighted by Gasteiger charge is 2.21. The summed E-state index contributed by atoms with van der Waals surface area (Å²) in [6.45, 7) is 5.60. The molecule has 27 heavy (non-hydrogen) atoms. The van der Waals surface area contributed by atoms with Crippen LogP contribution in [-0.4, -0.2) is 21.4 Å². The Labute approximate surface area is 161 Å². The standard InChI is InChI=1S/C20H20FN3O2S/c1-12-6-4-5-7-17(12)19-23-24-20(26-19)27-14(3)18(25)22-13(2)15-8-10-16(21)11-9-15/h4-11,13-14H,1-3H3,(H,22,25). The van der Waals surface area contributed by atoms with Crippen molar-refractivity contribution in [1.82, 2.24) is 15.5 Å². The molecule has 0 radical (unpaired) electrons. The molecule has 0 saturated carbocycles. The first-order chi connectivity index (χ1) is 12.9. The fourth-order valence-electron chi connectivity index (χ4n) is 2.55. The van der Waals surface area contributed by atoms with E-state index in [1.54, 1.807) is 19.1 Å². The number of nitrogens with zero attached hydrogens (tertiary/aromatic N) is 2. The van der Waals surface area contributed by atoms with E-state index in [-0.39, 0.29) is 17.8 Å². The van der Waals surface area contributed by atoms with E-state index >= 15 is 0 Å². The van der Waals surface area contributed by atoms with Crippen LogP contribution in [0.1, 0.15) is 31.0 Å². The maximum Gasteiger partial charge on any atom is 0.277 e. The van der Waals surface area contributed by atoms with E-state index in [0.717, 1.165) is 16.7 Å². The number of aromatic nitrogens is 2. The first-order valence-corrected chi connectivity index (χ1v) is 9.44. The van der Waals surface area contributed by atoms with E-state index in [9.17, 15) is 9.18 Å². The minimum Gasteiger partial charge on any atom is -0.411 e. The molecule has 1 aromatic heterocycles. The van der Waals surface area contributed by atoms with E-state index in [1.807, 2.05) is 38.1 Å². The molecule has 0 aliphatic carbocycles. The van der Waals surface area contributed by atoms with Crippen molar-refractivity contribution in [2.24, 2.45) is 0 Å². The third kappa shape index (κ3) is 4.74. The molecule has 3 aromatic rings. The van der Waals surface area contributed by atoms with Crippen LogP contribution in [0.4, 0.5) is 4.39 Å². The normalized spacial score (nSPS) is 13.2. The SMILES string of the molecule is Cc1ccccc1-c1nnc(SC(C)C(=O)NC(C)c2ccc(F)cc2)o1. The Morgan fingerprint density at radius 1 is 1.11 bits per heavy atom. The minimum atomic E-state index is -0.418. The molecule has 0 spiro atoms. The molecule has 2 atom stereocenters. The van der Waals surface area contributed by atoms with E-state index in [0.29, 0.717) is 11.1 Å². The fraction of sp³-hybridized carbons (Fsp3) is 0.250. The fourth-order valence-corrected chi connectivity index (χ4v) is 3.24. The van der Waals surface area contributed by atoms with Gasteiger partial charge in [0.25, 0.3) is 5.22 Å². The minimum absolute atomic E-state index is 0.160. The molecule has 1 amide bonds. The Kier molecular flexibility index (Phi) is 5.91. The van der Waals surface area contributed by atoms with Gasteiger partial charge >= 0.3 is 0 Å². The van der Waals surface area contributed by atoms with Crippen molar-refractivity contribution in [2.75, 3.05) is 0 Å². The van der Waals surface area contributed by atoms with Crippen LogP contribution in [0, 0.1) is 12.7 Å². The monoisotopic (exact) mass is 385 g/mol. The van der Waals surface area contributed by atoms with Gasteiger partial charge in [-0.05, 0) is 50.1 Å². The van der Waals surface area contributed by atoms with Gasteiger partial charge < -0.3 is 9.73 Å². The van der Waals surface area contributed by atoms with Crippen molar-refractivity contribution in [3.05, 3.63) is 65.5 Å². The lowest BCUT2D eigenvalue weighted by molar-refractivity contribution is -0.120. The average molecular weight is 385 g/mol. The van der Waals surface area contributed by atoms with Crippen molar-refractivity contribution >= 4 is 17.7 Å². The molecule has 7 heteroatoms. The van der Waals surface area contributed by atoms with Crippen molar-refractivity contribution < 1.29 is 13.6 Å². The molecule has 2 unspecified atom stereocenters. The summed E-state index contributed by atoms with van der Waals surface area (Å²) in [5.74, 6) is -0.0302. The molecule has 2 aromatic carbocycles. The highest BCUT2D eigenvalue weighted by Crippen LogP contribution is 2.28. The van der Waals surface area contributed by atoms with Gasteiger partial charge in [0, 0.05) is 5.56 Å². The Morgan fingerprint density at radius 2 is 1.81 bits per heavy atom. The predicted octanol–water partition coefficient (Wildman–Crippen LogP) is 4.54. The van der Waals surface area contributed by atoms with Gasteiger partial charge in [-0.3, -0.25) is 4.79 Å². The summed E-state index contributed by atoms with van der Waals surface area (Å²) < 4.78 is 18.7. The highest BCUT2D eigenvalue weighted by atomic mass is 32.2. The molecule has 1 heterocycles. The predicted molar refractivity (Wildman–Crippen MR) is 103 cm³/mol. The summed E-state index contributed by atoms with van der Waals surface area (Å²) in [4.78, 5) is 12.4. The van der Waals surface area contributed by atoms with Gasteiger partial charge in [0.15, 0.2) is 0 Å². The van der Waals surface area contributed by atoms with Crippen LogP contribution in [0.2, 0.25) is 0 Å². The molecule has 140 valence electrons. The number of hydrogen-bond acceptors (Lipinski definition) is 5. The van der Waals surface area contributed by atoms with E-state index in [2.05, 4.69) is 15.5 Å². The summed E-state index contributed by atoms with van der Waals surface area (Å²) in [6, 6.07) is 13.6. The Balaban J connectivity index is 1.61. The molecule has 0 aliphatic rings. The van der Waals surface area contributed by atoms with Crippen LogP contribution in [0.25, 0.3) is 11.5 Å². The number of aryl methyl sites for hydroxylation is 1. The molecular formula is C20H20FN3O2S. The van der Waals surface area contributed by atoms with Gasteiger partial charge in [-0.1, -0.05) is 42.1 Å². The van der Waals surface area contributed by atoms with Crippen molar-refractivity contribution in [1.29, 1.82) is 0 Å². The van der Waals surface area contributed by atoms with Crippen molar-refractivity contribution in [3.63, 3.8) is 0 Å². The second kappa shape index (κ2) is 8.35. The maximum atomic E-state index is 13.0. The topological polar surface area (TPSA) is 68.0 Å². The largest absolute Gasteiger partial charge is 0.411 e. The second-order valence-corrected chi connectivity index (χ2v) is 7.52. The van der Waals surface area contributed by atoms with Crippen LogP contribution >= 0.6 is 11.8 Å². The average Bonchev–Trinajstić information content (AvgIpc) is 3.10. The number of carbonyl (C=O) groups excluding carboxylic acids is 1. The summed E-state index contributed by atoms with van der Waals surface area (Å²) >= 11 is 1.20. The van der Waals surface area contributed by atoms with Crippen LogP contribution in [0.5, 0.6) is 0 Å². The second-order valence-electron chi connectivity index (χ2n) is 6.23. The van der Waals surface area contributed by atoms with Crippen LogP contribution in [0.3, 0.4) is 0 Å². The summed E-state index contributed by atoms with van der Waals surface area (Å²) in [6.07, 6.45) is 0. The van der Waals surface area contributed by atoms with Gasteiger partial charge in [-0.25, -0.2) is 4.39 Å². The summed E-state index contributed by atoms with van der Waals surface area (Å²) in [5.41, 5.74) is 2.75. The lowest BCUT2D eigenvalue weighted by Gasteiger charge is -2.16. The molecule has 0 bridgehead atoms. The summed E-state index contributed by atoms with van der Waals surface area (Å²) in [7, 11) is 0. The molecular weight excluding hydrogens is 365 g/mol. The zero-order valence-corrected chi connectivity index (χ0v) is 16.1. The van der Waals surface area contributed by atoms with Gasteiger partial charge in [0.05, 0.1) is 11.3 Å². The van der Waals surface area contributed by atoms with Gasteiger partial charge in [0.1, 0.15) is 5.82 Å². The van der Waals surface area contributed by atoms with Crippen molar-refractivity contribution in [3.8, 4) is 11.5 Å². The Bertz CT molecular complexity index is 927. The number of halogens is 1. The number of rotatable bonds is 6. The molecule has 0 fully saturated rings. The Morgan fingerprint density at radius 3 is 2.52 bits per heavy atom. The number of hydrogen-bond donors (Lipinski definition) is 1. The van der Waals surface area contributed by atoms with E-state index in [4.69, 9.17) is 4.42 Å². The first-order valence-electron chi connectivity index (χ1n) is 8.56. The molecule has 5 nitrogen and oxygen atoms in total. The first kappa shape index (κ1) is 19.1.